The molecule has 0 unspecified atom stereocenters. The third-order valence-electron chi connectivity index (χ3n) is 4.30. The predicted octanol–water partition coefficient (Wildman–Crippen LogP) is 2.65. The summed E-state index contributed by atoms with van der Waals surface area (Å²) in [5, 5.41) is 0. The Morgan fingerprint density at radius 3 is 3.00 bits per heavy atom. The van der Waals surface area contributed by atoms with Gasteiger partial charge in [0.25, 0.3) is 0 Å². The van der Waals surface area contributed by atoms with Crippen molar-refractivity contribution in [3.8, 4) is 5.69 Å². The fourth-order valence-corrected chi connectivity index (χ4v) is 3.07. The molecule has 2 aliphatic heterocycles. The number of fused-ring (bicyclic) bond motifs is 3. The third-order valence-corrected chi connectivity index (χ3v) is 4.30. The van der Waals surface area contributed by atoms with E-state index in [9.17, 15) is 0 Å². The molecule has 0 N–H and O–H groups in total. The summed E-state index contributed by atoms with van der Waals surface area (Å²) in [4.78, 5) is 8.66. The maximum Gasteiger partial charge on any atom is 0.117 e. The SMILES string of the molecule is [2H]CN1C=CN(c2cc3c(cc2C)-n2ccnc2C3)[C@H]1C. The molecule has 0 aliphatic carbocycles. The van der Waals surface area contributed by atoms with Gasteiger partial charge in [0, 0.05) is 45.3 Å². The topological polar surface area (TPSA) is 24.3 Å². The van der Waals surface area contributed by atoms with Crippen molar-refractivity contribution in [2.45, 2.75) is 26.4 Å². The molecule has 1 aromatic carbocycles. The fraction of sp³-hybridized carbons (Fsp3) is 0.312. The second-order valence-electron chi connectivity index (χ2n) is 5.51. The van der Waals surface area contributed by atoms with Gasteiger partial charge in [-0.05, 0) is 37.1 Å². The van der Waals surface area contributed by atoms with Crippen LogP contribution in [-0.4, -0.2) is 27.6 Å². The molecule has 0 amide bonds. The summed E-state index contributed by atoms with van der Waals surface area (Å²) in [6.07, 6.45) is 9.04. The molecule has 0 radical (unpaired) electrons. The second kappa shape index (κ2) is 3.88. The standard InChI is InChI=1S/C16H18N4/c1-11-8-15-13(10-16-17-4-5-20(15)16)9-14(11)19-7-6-18(3)12(19)2/h4-9,12H,10H2,1-3H3/t12-/m0/s1/i3D. The molecule has 0 saturated carbocycles. The van der Waals surface area contributed by atoms with Gasteiger partial charge in [0.05, 0.1) is 5.69 Å². The van der Waals surface area contributed by atoms with E-state index in [-0.39, 0.29) is 13.2 Å². The second-order valence-corrected chi connectivity index (χ2v) is 5.51. The van der Waals surface area contributed by atoms with Crippen LogP contribution in [0.15, 0.2) is 36.9 Å². The molecular weight excluding hydrogens is 248 g/mol. The first-order chi connectivity index (χ1) is 10.2. The van der Waals surface area contributed by atoms with Crippen molar-refractivity contribution in [1.82, 2.24) is 14.5 Å². The Kier molecular flexibility index (Phi) is 2.05. The van der Waals surface area contributed by atoms with E-state index in [1.54, 1.807) is 0 Å². The van der Waals surface area contributed by atoms with E-state index >= 15 is 0 Å². The van der Waals surface area contributed by atoms with Crippen LogP contribution < -0.4 is 4.90 Å². The van der Waals surface area contributed by atoms with Gasteiger partial charge >= 0.3 is 0 Å². The fourth-order valence-electron chi connectivity index (χ4n) is 3.07. The summed E-state index contributed by atoms with van der Waals surface area (Å²) in [5.41, 5.74) is 5.04. The summed E-state index contributed by atoms with van der Waals surface area (Å²) in [7, 11) is 0.285. The van der Waals surface area contributed by atoms with Crippen LogP contribution in [0.1, 0.15) is 25.2 Å². The molecule has 0 spiro atoms. The number of aromatic nitrogens is 2. The van der Waals surface area contributed by atoms with E-state index in [0.29, 0.717) is 0 Å². The number of hydrogen-bond acceptors (Lipinski definition) is 3. The molecule has 3 heterocycles. The zero-order valence-corrected chi connectivity index (χ0v) is 11.7. The van der Waals surface area contributed by atoms with Crippen molar-refractivity contribution >= 4 is 5.69 Å². The minimum Gasteiger partial charge on any atom is -0.359 e. The van der Waals surface area contributed by atoms with E-state index in [1.165, 1.54) is 22.5 Å². The average Bonchev–Trinajstić information content (AvgIpc) is 3.13. The van der Waals surface area contributed by atoms with Crippen molar-refractivity contribution in [2.24, 2.45) is 0 Å². The van der Waals surface area contributed by atoms with Crippen molar-refractivity contribution < 1.29 is 1.37 Å². The number of aryl methyl sites for hydroxylation is 1. The minimum absolute atomic E-state index is 0.192. The predicted molar refractivity (Wildman–Crippen MR) is 80.0 cm³/mol. The van der Waals surface area contributed by atoms with E-state index in [1.807, 2.05) is 23.5 Å². The molecule has 0 bridgehead atoms. The van der Waals surface area contributed by atoms with Gasteiger partial charge in [0.2, 0.25) is 0 Å². The molecule has 1 aromatic heterocycles. The van der Waals surface area contributed by atoms with Crippen molar-refractivity contribution in [3.63, 3.8) is 0 Å². The van der Waals surface area contributed by atoms with Crippen LogP contribution in [0.2, 0.25) is 0 Å². The highest BCUT2D eigenvalue weighted by atomic mass is 15.4. The number of anilines is 1. The molecular formula is C16H18N4. The Balaban J connectivity index is 1.75. The maximum absolute atomic E-state index is 7.56. The smallest absolute Gasteiger partial charge is 0.117 e. The van der Waals surface area contributed by atoms with Crippen LogP contribution >= 0.6 is 0 Å². The van der Waals surface area contributed by atoms with Crippen LogP contribution in [0.25, 0.3) is 5.69 Å². The Hall–Kier alpha value is -2.23. The molecule has 2 aromatic rings. The normalized spacial score (nSPS) is 20.3. The molecule has 0 saturated heterocycles. The van der Waals surface area contributed by atoms with Gasteiger partial charge in [-0.15, -0.1) is 0 Å². The van der Waals surface area contributed by atoms with Gasteiger partial charge in [-0.25, -0.2) is 4.98 Å². The average molecular weight is 267 g/mol. The van der Waals surface area contributed by atoms with Crippen LogP contribution in [0.5, 0.6) is 0 Å². The molecule has 20 heavy (non-hydrogen) atoms. The minimum atomic E-state index is 0.192. The summed E-state index contributed by atoms with van der Waals surface area (Å²) in [6.45, 7) is 4.28. The van der Waals surface area contributed by atoms with E-state index < -0.39 is 0 Å². The monoisotopic (exact) mass is 267 g/mol. The Bertz CT molecular complexity index is 734. The first-order valence-corrected chi connectivity index (χ1v) is 6.87. The van der Waals surface area contributed by atoms with E-state index in [0.717, 1.165) is 12.2 Å². The van der Waals surface area contributed by atoms with Gasteiger partial charge < -0.3 is 14.4 Å². The molecule has 4 nitrogen and oxygen atoms in total. The lowest BCUT2D eigenvalue weighted by molar-refractivity contribution is 0.383. The number of imidazole rings is 1. The van der Waals surface area contributed by atoms with Gasteiger partial charge in [0.15, 0.2) is 0 Å². The van der Waals surface area contributed by atoms with E-state index in [4.69, 9.17) is 1.37 Å². The summed E-state index contributed by atoms with van der Waals surface area (Å²) in [5.74, 6) is 1.11. The lowest BCUT2D eigenvalue weighted by atomic mass is 10.1. The highest BCUT2D eigenvalue weighted by Crippen LogP contribution is 2.35. The van der Waals surface area contributed by atoms with Crippen LogP contribution in [-0.2, 0) is 6.42 Å². The highest BCUT2D eigenvalue weighted by Gasteiger charge is 2.25. The molecule has 2 aliphatic rings. The molecule has 4 heteroatoms. The number of rotatable bonds is 1. The lowest BCUT2D eigenvalue weighted by Gasteiger charge is -2.28. The zero-order chi connectivity index (χ0) is 14.6. The third kappa shape index (κ3) is 1.45. The van der Waals surface area contributed by atoms with Gasteiger partial charge in [0.1, 0.15) is 12.0 Å². The van der Waals surface area contributed by atoms with Crippen LogP contribution in [0.3, 0.4) is 0 Å². The summed E-state index contributed by atoms with van der Waals surface area (Å²) in [6, 6.07) is 4.51. The Morgan fingerprint density at radius 1 is 1.30 bits per heavy atom. The van der Waals surface area contributed by atoms with Crippen molar-refractivity contribution in [1.29, 1.82) is 0 Å². The zero-order valence-electron chi connectivity index (χ0n) is 12.7. The van der Waals surface area contributed by atoms with Crippen LogP contribution in [0, 0.1) is 6.92 Å². The van der Waals surface area contributed by atoms with Crippen molar-refractivity contribution in [2.75, 3.05) is 11.9 Å². The largest absolute Gasteiger partial charge is 0.359 e. The quantitative estimate of drug-likeness (QED) is 0.677. The Morgan fingerprint density at radius 2 is 2.20 bits per heavy atom. The van der Waals surface area contributed by atoms with E-state index in [2.05, 4.69) is 46.6 Å². The number of benzene rings is 1. The van der Waals surface area contributed by atoms with Gasteiger partial charge in [-0.3, -0.25) is 0 Å². The van der Waals surface area contributed by atoms with Crippen LogP contribution in [0.4, 0.5) is 5.69 Å². The number of hydrogen-bond donors (Lipinski definition) is 0. The highest BCUT2D eigenvalue weighted by molar-refractivity contribution is 5.65. The number of nitrogens with zero attached hydrogens (tertiary/aromatic N) is 4. The van der Waals surface area contributed by atoms with Gasteiger partial charge in [-0.2, -0.15) is 0 Å². The summed E-state index contributed by atoms with van der Waals surface area (Å²) >= 11 is 0. The summed E-state index contributed by atoms with van der Waals surface area (Å²) < 4.78 is 9.73. The van der Waals surface area contributed by atoms with Gasteiger partial charge in [-0.1, -0.05) is 0 Å². The molecule has 0 fully saturated rings. The lowest BCUT2D eigenvalue weighted by Crippen LogP contribution is -2.33. The first kappa shape index (κ1) is 10.5. The molecule has 4 rings (SSSR count). The molecule has 102 valence electrons. The maximum atomic E-state index is 7.56. The Labute approximate surface area is 120 Å². The van der Waals surface area contributed by atoms with Crippen molar-refractivity contribution in [3.05, 3.63) is 53.9 Å². The first-order valence-electron chi connectivity index (χ1n) is 7.57. The molecule has 1 atom stereocenters.